The summed E-state index contributed by atoms with van der Waals surface area (Å²) in [5.41, 5.74) is 0. The summed E-state index contributed by atoms with van der Waals surface area (Å²) in [6.45, 7) is 6.68. The van der Waals surface area contributed by atoms with Crippen LogP contribution in [-0.2, 0) is 11.8 Å². The first kappa shape index (κ1) is 12.3. The normalized spacial score (nSPS) is 11.9. The Bertz CT molecular complexity index is 124. The summed E-state index contributed by atoms with van der Waals surface area (Å²) < 4.78 is -1.06. The van der Waals surface area contributed by atoms with Gasteiger partial charge in [-0.2, -0.15) is 0 Å². The van der Waals surface area contributed by atoms with Crippen LogP contribution in [0.4, 0.5) is 0 Å². The number of hydrogen-bond acceptors (Lipinski definition) is 3. The van der Waals surface area contributed by atoms with Crippen molar-refractivity contribution in [2.24, 2.45) is 0 Å². The van der Waals surface area contributed by atoms with E-state index in [-0.39, 0.29) is 0 Å². The van der Waals surface area contributed by atoms with Crippen molar-refractivity contribution in [3.63, 3.8) is 0 Å². The highest BCUT2D eigenvalue weighted by atomic mass is 33.2. The Kier molecular flexibility index (Phi) is 7.66. The number of rotatable bonds is 6. The molecule has 0 aliphatic carbocycles. The lowest BCUT2D eigenvalue weighted by molar-refractivity contribution is 1.11. The van der Waals surface area contributed by atoms with E-state index in [1.165, 1.54) is 24.3 Å². The van der Waals surface area contributed by atoms with Gasteiger partial charge in [0, 0.05) is 0 Å². The standard InChI is InChI=1S/C7H17PS3/c1-4-6-10-8(3,9)11-7-5-2/h4-7H2,1-3H3. The van der Waals surface area contributed by atoms with Gasteiger partial charge in [0.15, 0.2) is 0 Å². The summed E-state index contributed by atoms with van der Waals surface area (Å²) in [6.07, 6.45) is 2.51. The van der Waals surface area contributed by atoms with Gasteiger partial charge in [-0.1, -0.05) is 25.7 Å². The van der Waals surface area contributed by atoms with Crippen molar-refractivity contribution in [1.29, 1.82) is 0 Å². The topological polar surface area (TPSA) is 0 Å². The molecule has 0 radical (unpaired) electrons. The van der Waals surface area contributed by atoms with Gasteiger partial charge >= 0.3 is 0 Å². The Morgan fingerprint density at radius 1 is 1.09 bits per heavy atom. The molecule has 0 aliphatic heterocycles. The van der Waals surface area contributed by atoms with Crippen molar-refractivity contribution in [1.82, 2.24) is 0 Å². The molecule has 0 heterocycles. The van der Waals surface area contributed by atoms with E-state index >= 15 is 0 Å². The fraction of sp³-hybridized carbons (Fsp3) is 1.00. The summed E-state index contributed by atoms with van der Waals surface area (Å²) in [5.74, 6) is 2.48. The van der Waals surface area contributed by atoms with Crippen molar-refractivity contribution in [3.8, 4) is 0 Å². The van der Waals surface area contributed by atoms with E-state index < -0.39 is 4.44 Å². The van der Waals surface area contributed by atoms with E-state index in [4.69, 9.17) is 11.8 Å². The van der Waals surface area contributed by atoms with Crippen LogP contribution in [0, 0.1) is 0 Å². The molecule has 0 aromatic heterocycles. The van der Waals surface area contributed by atoms with Crippen LogP contribution >= 0.6 is 27.2 Å². The van der Waals surface area contributed by atoms with Crippen molar-refractivity contribution in [3.05, 3.63) is 0 Å². The first-order valence-electron chi connectivity index (χ1n) is 3.99. The zero-order valence-corrected chi connectivity index (χ0v) is 10.8. The maximum absolute atomic E-state index is 5.51. The second kappa shape index (κ2) is 6.82. The zero-order chi connectivity index (χ0) is 8.74. The lowest BCUT2D eigenvalue weighted by Crippen LogP contribution is -1.75. The predicted octanol–water partition coefficient (Wildman–Crippen LogP) is 4.21. The van der Waals surface area contributed by atoms with Crippen LogP contribution in [0.25, 0.3) is 0 Å². The minimum absolute atomic E-state index is 1.06. The summed E-state index contributed by atoms with van der Waals surface area (Å²) in [4.78, 5) is 0. The molecule has 0 spiro atoms. The molecule has 0 aromatic rings. The van der Waals surface area contributed by atoms with Gasteiger partial charge in [-0.25, -0.2) is 0 Å². The molecule has 0 saturated carbocycles. The third kappa shape index (κ3) is 7.70. The maximum atomic E-state index is 5.51. The molecule has 0 unspecified atom stereocenters. The molecule has 0 bridgehead atoms. The zero-order valence-electron chi connectivity index (χ0n) is 7.50. The third-order valence-electron chi connectivity index (χ3n) is 1.06. The van der Waals surface area contributed by atoms with Gasteiger partial charge in [0.05, 0.1) is 4.44 Å². The van der Waals surface area contributed by atoms with Gasteiger partial charge in [-0.05, 0) is 31.0 Å². The molecule has 0 rings (SSSR count). The van der Waals surface area contributed by atoms with E-state index in [2.05, 4.69) is 20.5 Å². The van der Waals surface area contributed by atoms with Crippen LogP contribution in [-0.4, -0.2) is 18.2 Å². The van der Waals surface area contributed by atoms with Gasteiger partial charge in [0.25, 0.3) is 0 Å². The van der Waals surface area contributed by atoms with E-state index in [1.807, 2.05) is 22.8 Å². The van der Waals surface area contributed by atoms with Crippen LogP contribution in [0.3, 0.4) is 0 Å². The molecule has 0 N–H and O–H groups in total. The molecule has 0 nitrogen and oxygen atoms in total. The minimum atomic E-state index is -1.06. The Morgan fingerprint density at radius 3 is 1.73 bits per heavy atom. The van der Waals surface area contributed by atoms with Gasteiger partial charge in [0.1, 0.15) is 0 Å². The lowest BCUT2D eigenvalue weighted by atomic mass is 10.6. The van der Waals surface area contributed by atoms with E-state index in [9.17, 15) is 0 Å². The van der Waals surface area contributed by atoms with Gasteiger partial charge < -0.3 is 0 Å². The minimum Gasteiger partial charge on any atom is -0.114 e. The van der Waals surface area contributed by atoms with Crippen LogP contribution in [0.5, 0.6) is 0 Å². The second-order valence-corrected chi connectivity index (χ2v) is 15.5. The molecule has 0 aromatic carbocycles. The molecule has 0 amide bonds. The quantitative estimate of drug-likeness (QED) is 0.625. The first-order valence-corrected chi connectivity index (χ1v) is 10.4. The Balaban J connectivity index is 3.53. The van der Waals surface area contributed by atoms with E-state index in [0.717, 1.165) is 0 Å². The van der Waals surface area contributed by atoms with Crippen molar-refractivity contribution in [2.45, 2.75) is 26.7 Å². The van der Waals surface area contributed by atoms with Gasteiger partial charge in [0.2, 0.25) is 0 Å². The maximum Gasteiger partial charge on any atom is 0.0542 e. The van der Waals surface area contributed by atoms with Gasteiger partial charge in [-0.3, -0.25) is 0 Å². The molecule has 0 atom stereocenters. The van der Waals surface area contributed by atoms with E-state index in [0.29, 0.717) is 0 Å². The first-order chi connectivity index (χ1) is 5.12. The smallest absolute Gasteiger partial charge is 0.0542 e. The van der Waals surface area contributed by atoms with E-state index in [1.54, 1.807) is 0 Å². The summed E-state index contributed by atoms with van der Waals surface area (Å²) in [6, 6.07) is 0. The SMILES string of the molecule is CCCSP(C)(=S)SCCC. The van der Waals surface area contributed by atoms with Crippen LogP contribution in [0.1, 0.15) is 26.7 Å². The Labute approximate surface area is 83.8 Å². The van der Waals surface area contributed by atoms with Crippen LogP contribution < -0.4 is 0 Å². The summed E-state index contributed by atoms with van der Waals surface area (Å²) in [7, 11) is 0. The van der Waals surface area contributed by atoms with Crippen molar-refractivity contribution >= 4 is 39.0 Å². The lowest BCUT2D eigenvalue weighted by Gasteiger charge is -2.13. The third-order valence-corrected chi connectivity index (χ3v) is 10.9. The Morgan fingerprint density at radius 2 is 1.45 bits per heavy atom. The summed E-state index contributed by atoms with van der Waals surface area (Å²) in [5, 5.41) is 0. The highest BCUT2D eigenvalue weighted by Gasteiger charge is 2.09. The van der Waals surface area contributed by atoms with Crippen LogP contribution in [0.2, 0.25) is 0 Å². The molecule has 68 valence electrons. The fourth-order valence-electron chi connectivity index (χ4n) is 0.551. The summed E-state index contributed by atoms with van der Waals surface area (Å²) >= 11 is 9.53. The largest absolute Gasteiger partial charge is 0.114 e. The average molecular weight is 228 g/mol. The highest BCUT2D eigenvalue weighted by Crippen LogP contribution is 2.66. The average Bonchev–Trinajstić information content (AvgIpc) is 1.97. The molecule has 0 aliphatic rings. The fourth-order valence-corrected chi connectivity index (χ4v) is 8.32. The van der Waals surface area contributed by atoms with Crippen molar-refractivity contribution in [2.75, 3.05) is 18.2 Å². The Hall–Kier alpha value is 1.35. The van der Waals surface area contributed by atoms with Crippen LogP contribution in [0.15, 0.2) is 0 Å². The molecular formula is C7H17PS3. The predicted molar refractivity (Wildman–Crippen MR) is 65.7 cm³/mol. The molecular weight excluding hydrogens is 211 g/mol. The number of hydrogen-bond donors (Lipinski definition) is 0. The van der Waals surface area contributed by atoms with Gasteiger partial charge in [-0.15, -0.1) is 22.8 Å². The molecule has 0 fully saturated rings. The highest BCUT2D eigenvalue weighted by molar-refractivity contribution is 9.00. The monoisotopic (exact) mass is 228 g/mol. The second-order valence-electron chi connectivity index (χ2n) is 2.44. The molecule has 0 saturated heterocycles. The molecule has 11 heavy (non-hydrogen) atoms. The van der Waals surface area contributed by atoms with Crippen molar-refractivity contribution < 1.29 is 0 Å². The molecule has 4 heteroatoms.